The van der Waals surface area contributed by atoms with Crippen LogP contribution in [0.4, 0.5) is 5.69 Å². The minimum atomic E-state index is -3.78. The van der Waals surface area contributed by atoms with Crippen LogP contribution in [0.2, 0.25) is 0 Å². The lowest BCUT2D eigenvalue weighted by atomic mass is 10.3. The van der Waals surface area contributed by atoms with Crippen LogP contribution in [-0.4, -0.2) is 26.9 Å². The molecule has 0 saturated carbocycles. The van der Waals surface area contributed by atoms with E-state index in [4.69, 9.17) is 14.7 Å². The first-order chi connectivity index (χ1) is 9.44. The Balaban J connectivity index is 3.13. The van der Waals surface area contributed by atoms with Gasteiger partial charge in [-0.25, -0.2) is 8.42 Å². The van der Waals surface area contributed by atoms with Crippen molar-refractivity contribution in [3.8, 4) is 17.6 Å². The number of rotatable bonds is 7. The molecule has 0 radical (unpaired) electrons. The molecule has 1 N–H and O–H groups in total. The van der Waals surface area contributed by atoms with Crippen LogP contribution < -0.4 is 14.2 Å². The molecular formula is C13H18N2O4S. The molecule has 0 fully saturated rings. The maximum absolute atomic E-state index is 11.9. The minimum Gasteiger partial charge on any atom is -0.494 e. The van der Waals surface area contributed by atoms with Gasteiger partial charge in [-0.1, -0.05) is 0 Å². The van der Waals surface area contributed by atoms with Crippen LogP contribution in [0.5, 0.6) is 11.5 Å². The van der Waals surface area contributed by atoms with Crippen LogP contribution in [0, 0.1) is 11.3 Å². The molecule has 1 aromatic carbocycles. The molecule has 7 heteroatoms. The van der Waals surface area contributed by atoms with E-state index in [-0.39, 0.29) is 5.69 Å². The topological polar surface area (TPSA) is 88.4 Å². The van der Waals surface area contributed by atoms with Crippen molar-refractivity contribution in [2.75, 3.05) is 17.9 Å². The molecule has 20 heavy (non-hydrogen) atoms. The van der Waals surface area contributed by atoms with Crippen LogP contribution in [0.15, 0.2) is 18.2 Å². The summed E-state index contributed by atoms with van der Waals surface area (Å²) in [6.07, 6.45) is 0. The number of nitrogens with one attached hydrogen (secondary N) is 1. The molecule has 0 aliphatic rings. The zero-order valence-electron chi connectivity index (χ0n) is 11.7. The molecule has 110 valence electrons. The maximum Gasteiger partial charge on any atom is 0.248 e. The van der Waals surface area contributed by atoms with Crippen molar-refractivity contribution in [2.24, 2.45) is 0 Å². The average molecular weight is 298 g/mol. The van der Waals surface area contributed by atoms with Crippen LogP contribution in [0.3, 0.4) is 0 Å². The Morgan fingerprint density at radius 2 is 1.95 bits per heavy atom. The highest BCUT2D eigenvalue weighted by atomic mass is 32.2. The maximum atomic E-state index is 11.9. The summed E-state index contributed by atoms with van der Waals surface area (Å²) in [7, 11) is -3.78. The third-order valence-electron chi connectivity index (χ3n) is 2.46. The van der Waals surface area contributed by atoms with Crippen molar-refractivity contribution < 1.29 is 17.9 Å². The predicted octanol–water partition coefficient (Wildman–Crippen LogP) is 2.14. The van der Waals surface area contributed by atoms with Gasteiger partial charge >= 0.3 is 0 Å². The highest BCUT2D eigenvalue weighted by molar-refractivity contribution is 7.93. The molecule has 1 aromatic rings. The zero-order chi connectivity index (χ0) is 15.2. The fraction of sp³-hybridized carbons (Fsp3) is 0.462. The molecule has 0 saturated heterocycles. The lowest BCUT2D eigenvalue weighted by Gasteiger charge is -2.15. The van der Waals surface area contributed by atoms with Gasteiger partial charge in [-0.2, -0.15) is 5.26 Å². The number of hydrogen-bond acceptors (Lipinski definition) is 5. The van der Waals surface area contributed by atoms with E-state index in [1.165, 1.54) is 13.0 Å². The van der Waals surface area contributed by atoms with E-state index >= 15 is 0 Å². The first kappa shape index (κ1) is 16.1. The van der Waals surface area contributed by atoms with Gasteiger partial charge in [-0.15, -0.1) is 0 Å². The summed E-state index contributed by atoms with van der Waals surface area (Å²) in [6.45, 7) is 5.81. The Hall–Kier alpha value is -1.94. The SMILES string of the molecule is CCOc1ccc(OCC)c(NS(=O)(=O)C(C)C#N)c1. The fourth-order valence-electron chi connectivity index (χ4n) is 1.44. The van der Waals surface area contributed by atoms with Crippen LogP contribution in [-0.2, 0) is 10.0 Å². The second-order valence-corrected chi connectivity index (χ2v) is 5.94. The van der Waals surface area contributed by atoms with E-state index in [0.717, 1.165) is 0 Å². The van der Waals surface area contributed by atoms with Crippen molar-refractivity contribution >= 4 is 15.7 Å². The van der Waals surface area contributed by atoms with Crippen molar-refractivity contribution in [3.05, 3.63) is 18.2 Å². The first-order valence-electron chi connectivity index (χ1n) is 6.25. The predicted molar refractivity (Wildman–Crippen MR) is 76.4 cm³/mol. The lowest BCUT2D eigenvalue weighted by Crippen LogP contribution is -2.24. The third kappa shape index (κ3) is 4.03. The van der Waals surface area contributed by atoms with Crippen molar-refractivity contribution in [2.45, 2.75) is 26.0 Å². The molecule has 1 atom stereocenters. The van der Waals surface area contributed by atoms with Gasteiger partial charge in [0, 0.05) is 6.07 Å². The first-order valence-corrected chi connectivity index (χ1v) is 7.80. The summed E-state index contributed by atoms with van der Waals surface area (Å²) in [5.41, 5.74) is 0.264. The minimum absolute atomic E-state index is 0.264. The third-order valence-corrected chi connectivity index (χ3v) is 4.00. The molecule has 0 aromatic heterocycles. The number of sulfonamides is 1. The summed E-state index contributed by atoms with van der Waals surface area (Å²) in [5, 5.41) is 7.58. The molecule has 1 unspecified atom stereocenters. The summed E-state index contributed by atoms with van der Waals surface area (Å²) in [4.78, 5) is 0. The summed E-state index contributed by atoms with van der Waals surface area (Å²) < 4.78 is 36.9. The van der Waals surface area contributed by atoms with E-state index in [0.29, 0.717) is 24.7 Å². The molecule has 6 nitrogen and oxygen atoms in total. The Labute approximate surface area is 119 Å². The largest absolute Gasteiger partial charge is 0.494 e. The van der Waals surface area contributed by atoms with Crippen LogP contribution in [0.25, 0.3) is 0 Å². The molecule has 0 amide bonds. The Kier molecular flexibility index (Phi) is 5.65. The van der Waals surface area contributed by atoms with Crippen molar-refractivity contribution in [1.82, 2.24) is 0 Å². The van der Waals surface area contributed by atoms with E-state index in [2.05, 4.69) is 4.72 Å². The standard InChI is InChI=1S/C13H18N2O4S/c1-4-18-11-6-7-13(19-5-2)12(8-11)15-20(16,17)10(3)9-14/h6-8,10,15H,4-5H2,1-3H3. The van der Waals surface area contributed by atoms with Gasteiger partial charge in [0.1, 0.15) is 11.5 Å². The molecular weight excluding hydrogens is 280 g/mol. The Morgan fingerprint density at radius 3 is 2.50 bits per heavy atom. The van der Waals surface area contributed by atoms with Gasteiger partial charge in [0.15, 0.2) is 5.25 Å². The molecule has 0 aliphatic carbocycles. The fourth-order valence-corrected chi connectivity index (χ4v) is 2.22. The number of ether oxygens (including phenoxy) is 2. The number of hydrogen-bond donors (Lipinski definition) is 1. The molecule has 0 heterocycles. The second kappa shape index (κ2) is 7.01. The van der Waals surface area contributed by atoms with Gasteiger partial charge in [-0.3, -0.25) is 4.72 Å². The van der Waals surface area contributed by atoms with Crippen LogP contribution >= 0.6 is 0 Å². The van der Waals surface area contributed by atoms with E-state index < -0.39 is 15.3 Å². The van der Waals surface area contributed by atoms with Gasteiger partial charge in [0.25, 0.3) is 0 Å². The van der Waals surface area contributed by atoms with Gasteiger partial charge in [0.2, 0.25) is 10.0 Å². The van der Waals surface area contributed by atoms with E-state index in [1.807, 2.05) is 6.92 Å². The Morgan fingerprint density at radius 1 is 1.30 bits per heavy atom. The monoisotopic (exact) mass is 298 g/mol. The number of benzene rings is 1. The molecule has 0 aliphatic heterocycles. The van der Waals surface area contributed by atoms with Gasteiger partial charge in [-0.05, 0) is 32.9 Å². The summed E-state index contributed by atoms with van der Waals surface area (Å²) >= 11 is 0. The van der Waals surface area contributed by atoms with Gasteiger partial charge in [0.05, 0.1) is 25.0 Å². The van der Waals surface area contributed by atoms with Crippen molar-refractivity contribution in [3.63, 3.8) is 0 Å². The highest BCUT2D eigenvalue weighted by Crippen LogP contribution is 2.30. The number of nitriles is 1. The molecule has 0 spiro atoms. The van der Waals surface area contributed by atoms with E-state index in [1.54, 1.807) is 25.1 Å². The Bertz CT molecular complexity index is 593. The molecule has 0 bridgehead atoms. The van der Waals surface area contributed by atoms with Crippen molar-refractivity contribution in [1.29, 1.82) is 5.26 Å². The smallest absolute Gasteiger partial charge is 0.248 e. The molecule has 1 rings (SSSR count). The number of anilines is 1. The zero-order valence-corrected chi connectivity index (χ0v) is 12.5. The highest BCUT2D eigenvalue weighted by Gasteiger charge is 2.22. The number of nitrogens with zero attached hydrogens (tertiary/aromatic N) is 1. The van der Waals surface area contributed by atoms with E-state index in [9.17, 15) is 8.42 Å². The second-order valence-electron chi connectivity index (χ2n) is 3.94. The summed E-state index contributed by atoms with van der Waals surface area (Å²) in [6, 6.07) is 6.55. The van der Waals surface area contributed by atoms with Gasteiger partial charge < -0.3 is 9.47 Å². The normalized spacial score (nSPS) is 12.3. The lowest BCUT2D eigenvalue weighted by molar-refractivity contribution is 0.332. The average Bonchev–Trinajstić information content (AvgIpc) is 2.41. The van der Waals surface area contributed by atoms with Crippen LogP contribution in [0.1, 0.15) is 20.8 Å². The summed E-state index contributed by atoms with van der Waals surface area (Å²) in [5.74, 6) is 0.919. The quantitative estimate of drug-likeness (QED) is 0.833.